The Morgan fingerprint density at radius 3 is 2.00 bits per heavy atom. The first-order chi connectivity index (χ1) is 10.2. The molecule has 0 aliphatic rings. The number of aromatic hydroxyl groups is 2. The summed E-state index contributed by atoms with van der Waals surface area (Å²) in [5, 5.41) is 19.2. The van der Waals surface area contributed by atoms with Gasteiger partial charge in [-0.1, -0.05) is 24.3 Å². The molecule has 0 amide bonds. The van der Waals surface area contributed by atoms with Crippen LogP contribution < -0.4 is 0 Å². The highest BCUT2D eigenvalue weighted by molar-refractivity contribution is 5.84. The third-order valence-corrected chi connectivity index (χ3v) is 2.94. The first kappa shape index (κ1) is 14.8. The molecule has 2 rings (SSSR count). The molecule has 21 heavy (non-hydrogen) atoms. The van der Waals surface area contributed by atoms with Crippen molar-refractivity contribution in [1.82, 2.24) is 0 Å². The smallest absolute Gasteiger partial charge is 0.124 e. The van der Waals surface area contributed by atoms with E-state index < -0.39 is 0 Å². The Kier molecular flexibility index (Phi) is 5.10. The summed E-state index contributed by atoms with van der Waals surface area (Å²) >= 11 is 0. The van der Waals surface area contributed by atoms with Gasteiger partial charge in [-0.05, 0) is 31.2 Å². The van der Waals surface area contributed by atoms with Gasteiger partial charge in [0.2, 0.25) is 0 Å². The van der Waals surface area contributed by atoms with E-state index in [0.29, 0.717) is 17.7 Å². The summed E-state index contributed by atoms with van der Waals surface area (Å²) in [5.41, 5.74) is 1.38. The maximum atomic E-state index is 9.63. The number of phenols is 2. The van der Waals surface area contributed by atoms with Gasteiger partial charge in [-0.3, -0.25) is 9.98 Å². The molecule has 0 saturated carbocycles. The molecule has 0 fully saturated rings. The minimum atomic E-state index is -0.00767. The zero-order valence-corrected chi connectivity index (χ0v) is 11.8. The standard InChI is InChI=1S/C17H18N2O2/c1-13(19-12-15-7-3-5-9-17(15)21)10-18-11-14-6-2-4-8-16(14)20/h2-9,11-13,20-21H,10H2,1H3/b18-11+,19-12+/t13-/m0/s1. The number of nitrogens with zero attached hydrogens (tertiary/aromatic N) is 2. The van der Waals surface area contributed by atoms with Crippen molar-refractivity contribution in [2.24, 2.45) is 9.98 Å². The van der Waals surface area contributed by atoms with E-state index in [-0.39, 0.29) is 17.5 Å². The van der Waals surface area contributed by atoms with Gasteiger partial charge in [-0.15, -0.1) is 0 Å². The largest absolute Gasteiger partial charge is 0.507 e. The molecule has 0 radical (unpaired) electrons. The number of benzene rings is 2. The van der Waals surface area contributed by atoms with E-state index in [2.05, 4.69) is 9.98 Å². The van der Waals surface area contributed by atoms with E-state index in [1.807, 2.05) is 19.1 Å². The highest BCUT2D eigenvalue weighted by Gasteiger charge is 1.99. The molecule has 0 aliphatic carbocycles. The maximum Gasteiger partial charge on any atom is 0.124 e. The molecule has 0 saturated heterocycles. The molecule has 0 bridgehead atoms. The zero-order valence-electron chi connectivity index (χ0n) is 11.8. The van der Waals surface area contributed by atoms with Crippen molar-refractivity contribution in [2.75, 3.05) is 6.54 Å². The second-order valence-electron chi connectivity index (χ2n) is 4.74. The van der Waals surface area contributed by atoms with Crippen LogP contribution in [-0.2, 0) is 0 Å². The Bertz CT molecular complexity index is 651. The summed E-state index contributed by atoms with van der Waals surface area (Å²) in [6.07, 6.45) is 3.29. The van der Waals surface area contributed by atoms with Crippen LogP contribution >= 0.6 is 0 Å². The molecule has 4 heteroatoms. The summed E-state index contributed by atoms with van der Waals surface area (Å²) in [6.45, 7) is 2.46. The van der Waals surface area contributed by atoms with Crippen LogP contribution in [0.25, 0.3) is 0 Å². The summed E-state index contributed by atoms with van der Waals surface area (Å²) in [7, 11) is 0. The van der Waals surface area contributed by atoms with Gasteiger partial charge >= 0.3 is 0 Å². The monoisotopic (exact) mass is 282 g/mol. The predicted molar refractivity (Wildman–Crippen MR) is 85.7 cm³/mol. The van der Waals surface area contributed by atoms with Gasteiger partial charge in [0, 0.05) is 23.6 Å². The fraction of sp³-hybridized carbons (Fsp3) is 0.176. The number of phenolic OH excluding ortho intramolecular Hbond substituents is 2. The SMILES string of the molecule is C[C@@H](C/N=C/c1ccccc1O)/N=C/c1ccccc1O. The van der Waals surface area contributed by atoms with Crippen molar-refractivity contribution < 1.29 is 10.2 Å². The van der Waals surface area contributed by atoms with Gasteiger partial charge in [0.05, 0.1) is 12.6 Å². The summed E-state index contributed by atoms with van der Waals surface area (Å²) in [5.74, 6) is 0.428. The van der Waals surface area contributed by atoms with Gasteiger partial charge in [0.25, 0.3) is 0 Å². The van der Waals surface area contributed by atoms with Gasteiger partial charge in [-0.2, -0.15) is 0 Å². The molecule has 0 aliphatic heterocycles. The van der Waals surface area contributed by atoms with Crippen LogP contribution in [-0.4, -0.2) is 35.2 Å². The van der Waals surface area contributed by atoms with Crippen LogP contribution in [0.3, 0.4) is 0 Å². The molecule has 0 unspecified atom stereocenters. The molecule has 0 aromatic heterocycles. The molecule has 1 atom stereocenters. The molecular weight excluding hydrogens is 264 g/mol. The second kappa shape index (κ2) is 7.24. The van der Waals surface area contributed by atoms with E-state index in [1.165, 1.54) is 0 Å². The van der Waals surface area contributed by atoms with Gasteiger partial charge in [0.15, 0.2) is 0 Å². The zero-order chi connectivity index (χ0) is 15.1. The third-order valence-electron chi connectivity index (χ3n) is 2.94. The quantitative estimate of drug-likeness (QED) is 0.828. The lowest BCUT2D eigenvalue weighted by Crippen LogP contribution is -2.04. The molecule has 0 spiro atoms. The molecule has 0 heterocycles. The minimum absolute atomic E-state index is 0.00767. The van der Waals surface area contributed by atoms with Crippen LogP contribution in [0.2, 0.25) is 0 Å². The number of hydrogen-bond donors (Lipinski definition) is 2. The number of para-hydroxylation sites is 2. The summed E-state index contributed by atoms with van der Waals surface area (Å²) in [6, 6.07) is 14.1. The Hall–Kier alpha value is -2.62. The molecule has 4 nitrogen and oxygen atoms in total. The number of rotatable bonds is 5. The number of aliphatic imine (C=N–C) groups is 2. The maximum absolute atomic E-state index is 9.63. The van der Waals surface area contributed by atoms with Crippen LogP contribution in [0.15, 0.2) is 58.5 Å². The Morgan fingerprint density at radius 1 is 0.905 bits per heavy atom. The highest BCUT2D eigenvalue weighted by Crippen LogP contribution is 2.14. The van der Waals surface area contributed by atoms with Gasteiger partial charge in [-0.25, -0.2) is 0 Å². The molecule has 2 N–H and O–H groups in total. The first-order valence-electron chi connectivity index (χ1n) is 6.76. The normalized spacial score (nSPS) is 13.0. The summed E-state index contributed by atoms with van der Waals surface area (Å²) < 4.78 is 0. The van der Waals surface area contributed by atoms with E-state index in [9.17, 15) is 10.2 Å². The predicted octanol–water partition coefficient (Wildman–Crippen LogP) is 3.02. The lowest BCUT2D eigenvalue weighted by molar-refractivity contribution is 0.474. The molecule has 108 valence electrons. The van der Waals surface area contributed by atoms with E-state index in [4.69, 9.17) is 0 Å². The highest BCUT2D eigenvalue weighted by atomic mass is 16.3. The van der Waals surface area contributed by atoms with E-state index in [1.54, 1.807) is 48.8 Å². The van der Waals surface area contributed by atoms with E-state index >= 15 is 0 Å². The van der Waals surface area contributed by atoms with Crippen molar-refractivity contribution in [3.8, 4) is 11.5 Å². The van der Waals surface area contributed by atoms with Crippen LogP contribution in [0.1, 0.15) is 18.1 Å². The Labute approximate surface area is 124 Å². The molecule has 2 aromatic rings. The molecule has 2 aromatic carbocycles. The Balaban J connectivity index is 1.92. The van der Waals surface area contributed by atoms with Crippen molar-refractivity contribution >= 4 is 12.4 Å². The topological polar surface area (TPSA) is 65.2 Å². The van der Waals surface area contributed by atoms with Crippen LogP contribution in [0, 0.1) is 0 Å². The first-order valence-corrected chi connectivity index (χ1v) is 6.76. The minimum Gasteiger partial charge on any atom is -0.507 e. The lowest BCUT2D eigenvalue weighted by atomic mass is 10.2. The Morgan fingerprint density at radius 2 is 1.43 bits per heavy atom. The van der Waals surface area contributed by atoms with Crippen molar-refractivity contribution in [1.29, 1.82) is 0 Å². The van der Waals surface area contributed by atoms with Crippen LogP contribution in [0.4, 0.5) is 0 Å². The van der Waals surface area contributed by atoms with Crippen molar-refractivity contribution in [2.45, 2.75) is 13.0 Å². The van der Waals surface area contributed by atoms with Crippen LogP contribution in [0.5, 0.6) is 11.5 Å². The number of hydrogen-bond acceptors (Lipinski definition) is 4. The summed E-state index contributed by atoms with van der Waals surface area (Å²) in [4.78, 5) is 8.62. The second-order valence-corrected chi connectivity index (χ2v) is 4.74. The van der Waals surface area contributed by atoms with Crippen molar-refractivity contribution in [3.63, 3.8) is 0 Å². The molecular formula is C17H18N2O2. The fourth-order valence-electron chi connectivity index (χ4n) is 1.75. The average Bonchev–Trinajstić information content (AvgIpc) is 2.48. The lowest BCUT2D eigenvalue weighted by Gasteiger charge is -2.03. The third kappa shape index (κ3) is 4.45. The fourth-order valence-corrected chi connectivity index (χ4v) is 1.75. The van der Waals surface area contributed by atoms with Gasteiger partial charge in [0.1, 0.15) is 11.5 Å². The van der Waals surface area contributed by atoms with Gasteiger partial charge < -0.3 is 10.2 Å². The van der Waals surface area contributed by atoms with Crippen molar-refractivity contribution in [3.05, 3.63) is 59.7 Å². The van der Waals surface area contributed by atoms with E-state index in [0.717, 1.165) is 0 Å². The average molecular weight is 282 g/mol.